The van der Waals surface area contributed by atoms with Crippen LogP contribution < -0.4 is 5.32 Å². The van der Waals surface area contributed by atoms with Gasteiger partial charge in [-0.25, -0.2) is 4.39 Å². The predicted molar refractivity (Wildman–Crippen MR) is 72.4 cm³/mol. The molecule has 0 radical (unpaired) electrons. The van der Waals surface area contributed by atoms with Crippen LogP contribution in [0, 0.1) is 5.82 Å². The van der Waals surface area contributed by atoms with E-state index in [4.69, 9.17) is 4.42 Å². The van der Waals surface area contributed by atoms with Crippen molar-refractivity contribution in [3.8, 4) is 0 Å². The van der Waals surface area contributed by atoms with Crippen LogP contribution in [0.2, 0.25) is 0 Å². The Morgan fingerprint density at radius 2 is 2.00 bits per heavy atom. The third-order valence-electron chi connectivity index (χ3n) is 3.94. The van der Waals surface area contributed by atoms with Gasteiger partial charge in [0.05, 0.1) is 12.3 Å². The Morgan fingerprint density at radius 1 is 1.21 bits per heavy atom. The molecule has 2 nitrogen and oxygen atoms in total. The molecule has 1 aromatic heterocycles. The summed E-state index contributed by atoms with van der Waals surface area (Å²) in [6.07, 6.45) is 3.67. The maximum Gasteiger partial charge on any atom is 0.126 e. The van der Waals surface area contributed by atoms with Crippen LogP contribution in [0.4, 0.5) is 4.39 Å². The van der Waals surface area contributed by atoms with Gasteiger partial charge < -0.3 is 9.73 Å². The Labute approximate surface area is 112 Å². The van der Waals surface area contributed by atoms with Gasteiger partial charge in [-0.2, -0.15) is 0 Å². The van der Waals surface area contributed by atoms with Crippen molar-refractivity contribution < 1.29 is 8.81 Å². The first-order chi connectivity index (χ1) is 9.24. The maximum atomic E-state index is 13.6. The van der Waals surface area contributed by atoms with Gasteiger partial charge in [0.25, 0.3) is 0 Å². The molecule has 2 aromatic rings. The van der Waals surface area contributed by atoms with E-state index in [1.54, 1.807) is 18.4 Å². The molecule has 1 aromatic carbocycles. The summed E-state index contributed by atoms with van der Waals surface area (Å²) in [6.45, 7) is 2.09. The first-order valence-electron chi connectivity index (χ1n) is 6.78. The van der Waals surface area contributed by atoms with Gasteiger partial charge in [0.1, 0.15) is 11.6 Å². The Morgan fingerprint density at radius 3 is 2.68 bits per heavy atom. The van der Waals surface area contributed by atoms with Crippen molar-refractivity contribution in [1.82, 2.24) is 5.32 Å². The molecule has 1 aliphatic carbocycles. The van der Waals surface area contributed by atoms with Gasteiger partial charge in [-0.15, -0.1) is 0 Å². The zero-order chi connectivity index (χ0) is 13.2. The topological polar surface area (TPSA) is 25.2 Å². The molecule has 3 heteroatoms. The number of halogens is 1. The molecule has 0 aliphatic heterocycles. The Kier molecular flexibility index (Phi) is 3.38. The van der Waals surface area contributed by atoms with Crippen molar-refractivity contribution in [2.24, 2.45) is 0 Å². The lowest BCUT2D eigenvalue weighted by Crippen LogP contribution is -2.41. The molecule has 0 bridgehead atoms. The van der Waals surface area contributed by atoms with E-state index in [9.17, 15) is 4.39 Å². The quantitative estimate of drug-likeness (QED) is 0.897. The van der Waals surface area contributed by atoms with Gasteiger partial charge in [0.2, 0.25) is 0 Å². The fourth-order valence-corrected chi connectivity index (χ4v) is 2.79. The zero-order valence-corrected chi connectivity index (χ0v) is 11.0. The Hall–Kier alpha value is -1.61. The third-order valence-corrected chi connectivity index (χ3v) is 3.94. The summed E-state index contributed by atoms with van der Waals surface area (Å²) in [7, 11) is 0. The molecular weight excluding hydrogens is 241 g/mol. The zero-order valence-electron chi connectivity index (χ0n) is 11.0. The van der Waals surface area contributed by atoms with E-state index in [0.29, 0.717) is 12.0 Å². The van der Waals surface area contributed by atoms with E-state index in [1.165, 1.54) is 0 Å². The molecule has 100 valence electrons. The molecule has 1 saturated carbocycles. The van der Waals surface area contributed by atoms with E-state index in [-0.39, 0.29) is 11.9 Å². The molecule has 1 N–H and O–H groups in total. The highest BCUT2D eigenvalue weighted by Crippen LogP contribution is 2.38. The second-order valence-corrected chi connectivity index (χ2v) is 5.29. The molecule has 3 rings (SSSR count). The van der Waals surface area contributed by atoms with Crippen LogP contribution in [-0.2, 0) is 0 Å². The molecule has 0 saturated heterocycles. The van der Waals surface area contributed by atoms with Crippen molar-refractivity contribution in [2.45, 2.75) is 37.8 Å². The van der Waals surface area contributed by atoms with Gasteiger partial charge in [0, 0.05) is 6.04 Å². The van der Waals surface area contributed by atoms with Gasteiger partial charge in [-0.05, 0) is 49.4 Å². The summed E-state index contributed by atoms with van der Waals surface area (Å²) in [5.41, 5.74) is 0.853. The first kappa shape index (κ1) is 12.4. The molecule has 0 spiro atoms. The molecule has 0 unspecified atom stereocenters. The van der Waals surface area contributed by atoms with Crippen molar-refractivity contribution >= 4 is 0 Å². The lowest BCUT2D eigenvalue weighted by Gasteiger charge is -2.38. The van der Waals surface area contributed by atoms with E-state index in [0.717, 1.165) is 24.2 Å². The van der Waals surface area contributed by atoms with Gasteiger partial charge in [-0.1, -0.05) is 18.2 Å². The second-order valence-electron chi connectivity index (χ2n) is 5.29. The van der Waals surface area contributed by atoms with Crippen molar-refractivity contribution in [2.75, 3.05) is 0 Å². The van der Waals surface area contributed by atoms with Crippen LogP contribution in [-0.4, -0.2) is 6.04 Å². The number of hydrogen-bond donors (Lipinski definition) is 1. The van der Waals surface area contributed by atoms with Gasteiger partial charge >= 0.3 is 0 Å². The standard InChI is InChI=1S/C16H18FNO/c1-11(16-7-4-8-19-16)18-13-9-12(10-13)14-5-2-3-6-15(14)17/h2-8,11-13,18H,9-10H2,1H3/t11-,12?,13?/m1/s1. The van der Waals surface area contributed by atoms with Crippen molar-refractivity contribution in [3.63, 3.8) is 0 Å². The highest BCUT2D eigenvalue weighted by molar-refractivity contribution is 5.25. The predicted octanol–water partition coefficient (Wildman–Crippen LogP) is 4.02. The lowest BCUT2D eigenvalue weighted by molar-refractivity contribution is 0.255. The van der Waals surface area contributed by atoms with E-state index < -0.39 is 0 Å². The highest BCUT2D eigenvalue weighted by Gasteiger charge is 2.32. The highest BCUT2D eigenvalue weighted by atomic mass is 19.1. The van der Waals surface area contributed by atoms with Gasteiger partial charge in [0.15, 0.2) is 0 Å². The van der Waals surface area contributed by atoms with Crippen LogP contribution in [0.3, 0.4) is 0 Å². The summed E-state index contributed by atoms with van der Waals surface area (Å²) in [5, 5.41) is 3.52. The molecule has 0 amide bonds. The van der Waals surface area contributed by atoms with Gasteiger partial charge in [-0.3, -0.25) is 0 Å². The average Bonchev–Trinajstić information content (AvgIpc) is 2.88. The number of rotatable bonds is 4. The summed E-state index contributed by atoms with van der Waals surface area (Å²) >= 11 is 0. The van der Waals surface area contributed by atoms with Crippen LogP contribution in [0.15, 0.2) is 47.1 Å². The fourth-order valence-electron chi connectivity index (χ4n) is 2.79. The maximum absolute atomic E-state index is 13.6. The van der Waals surface area contributed by atoms with E-state index >= 15 is 0 Å². The fraction of sp³-hybridized carbons (Fsp3) is 0.375. The Bertz CT molecular complexity index is 531. The third kappa shape index (κ3) is 2.56. The number of furan rings is 1. The van der Waals surface area contributed by atoms with Crippen LogP contribution >= 0.6 is 0 Å². The SMILES string of the molecule is C[C@@H](NC1CC(c2ccccc2F)C1)c1ccco1. The molecule has 19 heavy (non-hydrogen) atoms. The summed E-state index contributed by atoms with van der Waals surface area (Å²) in [6, 6.07) is 11.6. The summed E-state index contributed by atoms with van der Waals surface area (Å²) in [4.78, 5) is 0. The molecule has 1 atom stereocenters. The van der Waals surface area contributed by atoms with E-state index in [1.807, 2.05) is 24.3 Å². The lowest BCUT2D eigenvalue weighted by atomic mass is 9.75. The minimum absolute atomic E-state index is 0.0787. The smallest absolute Gasteiger partial charge is 0.126 e. The molecular formula is C16H18FNO. The minimum Gasteiger partial charge on any atom is -0.468 e. The molecule has 1 heterocycles. The Balaban J connectivity index is 1.55. The monoisotopic (exact) mass is 259 g/mol. The summed E-state index contributed by atoms with van der Waals surface area (Å²) < 4.78 is 19.0. The molecule has 1 aliphatic rings. The van der Waals surface area contributed by atoms with Crippen molar-refractivity contribution in [3.05, 3.63) is 59.8 Å². The molecule has 1 fully saturated rings. The first-order valence-corrected chi connectivity index (χ1v) is 6.78. The second kappa shape index (κ2) is 5.17. The van der Waals surface area contributed by atoms with Crippen LogP contribution in [0.5, 0.6) is 0 Å². The summed E-state index contributed by atoms with van der Waals surface area (Å²) in [5.74, 6) is 1.22. The number of nitrogens with one attached hydrogen (secondary N) is 1. The van der Waals surface area contributed by atoms with E-state index in [2.05, 4.69) is 12.2 Å². The normalized spacial score (nSPS) is 23.9. The van der Waals surface area contributed by atoms with Crippen molar-refractivity contribution in [1.29, 1.82) is 0 Å². The van der Waals surface area contributed by atoms with Crippen LogP contribution in [0.1, 0.15) is 43.0 Å². The minimum atomic E-state index is -0.0787. The number of benzene rings is 1. The van der Waals surface area contributed by atoms with Crippen LogP contribution in [0.25, 0.3) is 0 Å². The number of hydrogen-bond acceptors (Lipinski definition) is 2. The largest absolute Gasteiger partial charge is 0.468 e. The average molecular weight is 259 g/mol.